The molecule has 2 atom stereocenters. The summed E-state index contributed by atoms with van der Waals surface area (Å²) in [6, 6.07) is 5.22. The van der Waals surface area contributed by atoms with Crippen LogP contribution in [-0.2, 0) is 0 Å². The van der Waals surface area contributed by atoms with Crippen molar-refractivity contribution in [2.24, 2.45) is 5.73 Å². The van der Waals surface area contributed by atoms with Gasteiger partial charge < -0.3 is 11.1 Å². The van der Waals surface area contributed by atoms with Gasteiger partial charge in [0.05, 0.1) is 4.92 Å². The van der Waals surface area contributed by atoms with Gasteiger partial charge in [-0.15, -0.1) is 0 Å². The molecule has 92 valence electrons. The van der Waals surface area contributed by atoms with Crippen molar-refractivity contribution in [1.29, 1.82) is 0 Å². The van der Waals surface area contributed by atoms with Crippen molar-refractivity contribution in [2.45, 2.75) is 31.3 Å². The molecule has 1 saturated carbocycles. The molecule has 0 aromatic heterocycles. The number of rotatable bonds is 3. The minimum Gasteiger partial charge on any atom is -0.375 e. The Balaban J connectivity index is 2.22. The van der Waals surface area contributed by atoms with Crippen LogP contribution in [0.4, 0.5) is 11.4 Å². The number of nitrogens with one attached hydrogen (secondary N) is 1. The minimum absolute atomic E-state index is 0.0817. The van der Waals surface area contributed by atoms with Crippen molar-refractivity contribution < 1.29 is 4.92 Å². The summed E-state index contributed by atoms with van der Waals surface area (Å²) in [5, 5.41) is 14.1. The van der Waals surface area contributed by atoms with Gasteiger partial charge in [-0.3, -0.25) is 10.1 Å². The van der Waals surface area contributed by atoms with Crippen molar-refractivity contribution in [3.63, 3.8) is 0 Å². The first-order valence-corrected chi connectivity index (χ1v) is 6.33. The Hall–Kier alpha value is -1.14. The highest BCUT2D eigenvalue weighted by atomic mass is 79.9. The van der Waals surface area contributed by atoms with Gasteiger partial charge in [0.15, 0.2) is 0 Å². The first kappa shape index (κ1) is 12.3. The fourth-order valence-corrected chi connectivity index (χ4v) is 2.49. The average Bonchev–Trinajstić information content (AvgIpc) is 2.67. The fraction of sp³-hybridized carbons (Fsp3) is 0.455. The molecule has 3 N–H and O–H groups in total. The molecule has 17 heavy (non-hydrogen) atoms. The molecular weight excluding hydrogens is 286 g/mol. The summed E-state index contributed by atoms with van der Waals surface area (Å²) in [6.07, 6.45) is 3.01. The van der Waals surface area contributed by atoms with Crippen LogP contribution in [0.5, 0.6) is 0 Å². The van der Waals surface area contributed by atoms with Crippen molar-refractivity contribution in [3.05, 3.63) is 32.8 Å². The van der Waals surface area contributed by atoms with E-state index in [0.717, 1.165) is 19.3 Å². The van der Waals surface area contributed by atoms with Gasteiger partial charge in [-0.1, -0.05) is 15.9 Å². The number of hydrogen-bond acceptors (Lipinski definition) is 4. The van der Waals surface area contributed by atoms with E-state index < -0.39 is 0 Å². The maximum Gasteiger partial charge on any atom is 0.293 e. The lowest BCUT2D eigenvalue weighted by Gasteiger charge is -2.18. The molecule has 1 aliphatic rings. The number of nitrogens with two attached hydrogens (primary N) is 1. The number of halogens is 1. The highest BCUT2D eigenvalue weighted by molar-refractivity contribution is 9.10. The van der Waals surface area contributed by atoms with Crippen molar-refractivity contribution in [2.75, 3.05) is 5.32 Å². The smallest absolute Gasteiger partial charge is 0.293 e. The van der Waals surface area contributed by atoms with E-state index in [1.807, 2.05) is 0 Å². The second-order valence-electron chi connectivity index (χ2n) is 4.26. The van der Waals surface area contributed by atoms with Gasteiger partial charge in [0.2, 0.25) is 0 Å². The maximum absolute atomic E-state index is 10.9. The number of anilines is 1. The summed E-state index contributed by atoms with van der Waals surface area (Å²) in [6.45, 7) is 0. The van der Waals surface area contributed by atoms with Crippen LogP contribution >= 0.6 is 15.9 Å². The fourth-order valence-electron chi connectivity index (χ4n) is 2.15. The highest BCUT2D eigenvalue weighted by Crippen LogP contribution is 2.30. The van der Waals surface area contributed by atoms with E-state index in [-0.39, 0.29) is 22.7 Å². The Morgan fingerprint density at radius 3 is 2.82 bits per heavy atom. The molecule has 0 bridgehead atoms. The Morgan fingerprint density at radius 1 is 1.47 bits per heavy atom. The molecule has 0 amide bonds. The standard InChI is InChI=1S/C11H14BrN3O2/c12-7-4-5-10(11(6-7)15(16)17)14-9-3-1-2-8(9)13/h4-6,8-9,14H,1-3,13H2. The lowest BCUT2D eigenvalue weighted by atomic mass is 10.1. The lowest BCUT2D eigenvalue weighted by Crippen LogP contribution is -2.35. The Bertz CT molecular complexity index is 439. The molecule has 0 aliphatic heterocycles. The van der Waals surface area contributed by atoms with Gasteiger partial charge in [-0.25, -0.2) is 0 Å². The molecule has 0 spiro atoms. The molecule has 1 fully saturated rings. The molecule has 2 unspecified atom stereocenters. The van der Waals surface area contributed by atoms with Gasteiger partial charge in [0.1, 0.15) is 5.69 Å². The molecule has 5 nitrogen and oxygen atoms in total. The molecule has 0 heterocycles. The summed E-state index contributed by atoms with van der Waals surface area (Å²) >= 11 is 3.23. The van der Waals surface area contributed by atoms with Crippen LogP contribution in [0, 0.1) is 10.1 Å². The molecule has 2 rings (SSSR count). The zero-order valence-electron chi connectivity index (χ0n) is 9.23. The van der Waals surface area contributed by atoms with Crippen LogP contribution < -0.4 is 11.1 Å². The predicted molar refractivity (Wildman–Crippen MR) is 70.0 cm³/mol. The normalized spacial score (nSPS) is 23.6. The third kappa shape index (κ3) is 2.76. The monoisotopic (exact) mass is 299 g/mol. The van der Waals surface area contributed by atoms with Crippen molar-refractivity contribution >= 4 is 27.3 Å². The number of benzene rings is 1. The Kier molecular flexibility index (Phi) is 3.63. The Morgan fingerprint density at radius 2 is 2.24 bits per heavy atom. The van der Waals surface area contributed by atoms with Gasteiger partial charge in [0, 0.05) is 22.6 Å². The first-order chi connectivity index (χ1) is 8.08. The number of nitro groups is 1. The third-order valence-electron chi connectivity index (χ3n) is 3.07. The van der Waals surface area contributed by atoms with E-state index in [9.17, 15) is 10.1 Å². The van der Waals surface area contributed by atoms with E-state index >= 15 is 0 Å². The topological polar surface area (TPSA) is 81.2 Å². The number of nitro benzene ring substituents is 1. The van der Waals surface area contributed by atoms with Gasteiger partial charge >= 0.3 is 0 Å². The van der Waals surface area contributed by atoms with E-state index in [2.05, 4.69) is 21.2 Å². The molecule has 1 aromatic carbocycles. The average molecular weight is 300 g/mol. The number of hydrogen-bond donors (Lipinski definition) is 2. The van der Waals surface area contributed by atoms with Crippen LogP contribution in [0.3, 0.4) is 0 Å². The molecule has 1 aliphatic carbocycles. The second-order valence-corrected chi connectivity index (χ2v) is 5.18. The van der Waals surface area contributed by atoms with Crippen LogP contribution in [-0.4, -0.2) is 17.0 Å². The molecular formula is C11H14BrN3O2. The maximum atomic E-state index is 10.9. The van der Waals surface area contributed by atoms with Gasteiger partial charge in [-0.05, 0) is 31.4 Å². The van der Waals surface area contributed by atoms with Gasteiger partial charge in [-0.2, -0.15) is 0 Å². The SMILES string of the molecule is NC1CCCC1Nc1ccc(Br)cc1[N+](=O)[O-]. The summed E-state index contributed by atoms with van der Waals surface area (Å²) in [4.78, 5) is 10.6. The van der Waals surface area contributed by atoms with Crippen LogP contribution in [0.2, 0.25) is 0 Å². The van der Waals surface area contributed by atoms with Crippen LogP contribution in [0.15, 0.2) is 22.7 Å². The summed E-state index contributed by atoms with van der Waals surface area (Å²) in [7, 11) is 0. The molecule has 0 saturated heterocycles. The van der Waals surface area contributed by atoms with Crippen LogP contribution in [0.25, 0.3) is 0 Å². The first-order valence-electron chi connectivity index (χ1n) is 5.54. The third-order valence-corrected chi connectivity index (χ3v) is 3.56. The predicted octanol–water partition coefficient (Wildman–Crippen LogP) is 2.65. The number of nitrogens with zero attached hydrogens (tertiary/aromatic N) is 1. The molecule has 1 aromatic rings. The highest BCUT2D eigenvalue weighted by Gasteiger charge is 2.26. The minimum atomic E-state index is -0.381. The largest absolute Gasteiger partial charge is 0.375 e. The quantitative estimate of drug-likeness (QED) is 0.664. The van der Waals surface area contributed by atoms with E-state index in [0.29, 0.717) is 10.2 Å². The summed E-state index contributed by atoms with van der Waals surface area (Å²) in [5.41, 5.74) is 6.57. The van der Waals surface area contributed by atoms with Crippen molar-refractivity contribution in [1.82, 2.24) is 0 Å². The van der Waals surface area contributed by atoms with Gasteiger partial charge in [0.25, 0.3) is 5.69 Å². The van der Waals surface area contributed by atoms with Crippen molar-refractivity contribution in [3.8, 4) is 0 Å². The van der Waals surface area contributed by atoms with E-state index in [1.165, 1.54) is 6.07 Å². The van der Waals surface area contributed by atoms with E-state index in [4.69, 9.17) is 5.73 Å². The van der Waals surface area contributed by atoms with Crippen LogP contribution in [0.1, 0.15) is 19.3 Å². The zero-order valence-corrected chi connectivity index (χ0v) is 10.8. The summed E-state index contributed by atoms with van der Waals surface area (Å²) in [5.74, 6) is 0. The molecule has 6 heteroatoms. The molecule has 0 radical (unpaired) electrons. The Labute approximate surface area is 108 Å². The zero-order chi connectivity index (χ0) is 12.4. The second kappa shape index (κ2) is 5.01. The van der Waals surface area contributed by atoms with E-state index in [1.54, 1.807) is 12.1 Å². The lowest BCUT2D eigenvalue weighted by molar-refractivity contribution is -0.384. The summed E-state index contributed by atoms with van der Waals surface area (Å²) < 4.78 is 0.700.